The van der Waals surface area contributed by atoms with Crippen molar-refractivity contribution in [1.29, 1.82) is 0 Å². The maximum Gasteiger partial charge on any atom is 0.146 e. The van der Waals surface area contributed by atoms with Gasteiger partial charge in [-0.1, -0.05) is 12.1 Å². The fourth-order valence-electron chi connectivity index (χ4n) is 2.19. The molecule has 2 aromatic carbocycles. The zero-order valence-electron chi connectivity index (χ0n) is 13.5. The maximum atomic E-state index is 13.7. The number of para-hydroxylation sites is 1. The summed E-state index contributed by atoms with van der Waals surface area (Å²) in [6, 6.07) is 16.2. The number of benzene rings is 2. The molecule has 3 rings (SSSR count). The summed E-state index contributed by atoms with van der Waals surface area (Å²) in [5.41, 5.74) is 2.40. The van der Waals surface area contributed by atoms with E-state index in [2.05, 4.69) is 20.6 Å². The number of hydrogen-bond donors (Lipinski definition) is 2. The van der Waals surface area contributed by atoms with E-state index >= 15 is 0 Å². The van der Waals surface area contributed by atoms with Crippen molar-refractivity contribution in [3.8, 4) is 0 Å². The lowest BCUT2D eigenvalue weighted by Gasteiger charge is -2.13. The Hall–Kier alpha value is -3.15. The second-order valence-electron chi connectivity index (χ2n) is 5.46. The van der Waals surface area contributed by atoms with Crippen molar-refractivity contribution < 1.29 is 4.39 Å². The molecule has 122 valence electrons. The Labute approximate surface area is 140 Å². The van der Waals surface area contributed by atoms with Crippen LogP contribution in [0.25, 0.3) is 0 Å². The number of aromatic nitrogens is 2. The summed E-state index contributed by atoms with van der Waals surface area (Å²) >= 11 is 0. The standard InChI is InChI=1S/C18H18FN5/c1-24(2)14-9-7-13(8-10-14)22-17-11-18(21-12-20-17)23-16-6-4-3-5-15(16)19/h3-12H,1-2H3,(H2,20,21,22,23). The quantitative estimate of drug-likeness (QED) is 0.738. The fourth-order valence-corrected chi connectivity index (χ4v) is 2.19. The molecule has 6 heteroatoms. The lowest BCUT2D eigenvalue weighted by Crippen LogP contribution is -2.08. The molecule has 0 radical (unpaired) electrons. The minimum absolute atomic E-state index is 0.329. The first kappa shape index (κ1) is 15.7. The highest BCUT2D eigenvalue weighted by Gasteiger charge is 2.04. The van der Waals surface area contributed by atoms with Crippen molar-refractivity contribution >= 4 is 28.7 Å². The molecule has 0 aliphatic carbocycles. The zero-order chi connectivity index (χ0) is 16.9. The lowest BCUT2D eigenvalue weighted by molar-refractivity contribution is 0.632. The first-order valence-electron chi connectivity index (χ1n) is 7.50. The summed E-state index contributed by atoms with van der Waals surface area (Å²) in [5, 5.41) is 6.16. The highest BCUT2D eigenvalue weighted by Crippen LogP contribution is 2.22. The molecule has 0 bridgehead atoms. The van der Waals surface area contributed by atoms with Gasteiger partial charge in [0.25, 0.3) is 0 Å². The Morgan fingerprint density at radius 2 is 1.54 bits per heavy atom. The molecule has 1 aromatic heterocycles. The Morgan fingerprint density at radius 1 is 0.875 bits per heavy atom. The van der Waals surface area contributed by atoms with Gasteiger partial charge in [-0.05, 0) is 36.4 Å². The van der Waals surface area contributed by atoms with Gasteiger partial charge in [0.05, 0.1) is 5.69 Å². The number of hydrogen-bond acceptors (Lipinski definition) is 5. The molecule has 0 amide bonds. The van der Waals surface area contributed by atoms with E-state index in [1.807, 2.05) is 43.3 Å². The van der Waals surface area contributed by atoms with Crippen LogP contribution in [0.5, 0.6) is 0 Å². The van der Waals surface area contributed by atoms with Crippen molar-refractivity contribution in [2.24, 2.45) is 0 Å². The molecular formula is C18H18FN5. The number of anilines is 5. The Balaban J connectivity index is 1.74. The van der Waals surface area contributed by atoms with Gasteiger partial charge in [-0.3, -0.25) is 0 Å². The smallest absolute Gasteiger partial charge is 0.146 e. The molecule has 0 saturated carbocycles. The van der Waals surface area contributed by atoms with E-state index < -0.39 is 0 Å². The van der Waals surface area contributed by atoms with Crippen LogP contribution >= 0.6 is 0 Å². The highest BCUT2D eigenvalue weighted by molar-refractivity contribution is 5.64. The van der Waals surface area contributed by atoms with E-state index in [1.54, 1.807) is 24.3 Å². The van der Waals surface area contributed by atoms with Crippen molar-refractivity contribution in [3.63, 3.8) is 0 Å². The molecular weight excluding hydrogens is 305 g/mol. The first-order chi connectivity index (χ1) is 11.6. The Kier molecular flexibility index (Phi) is 4.56. The van der Waals surface area contributed by atoms with Gasteiger partial charge in [0, 0.05) is 31.5 Å². The second-order valence-corrected chi connectivity index (χ2v) is 5.46. The predicted molar refractivity (Wildman–Crippen MR) is 95.8 cm³/mol. The van der Waals surface area contributed by atoms with Gasteiger partial charge in [-0.2, -0.15) is 0 Å². The summed E-state index contributed by atoms with van der Waals surface area (Å²) in [5.74, 6) is 0.814. The monoisotopic (exact) mass is 323 g/mol. The van der Waals surface area contributed by atoms with Gasteiger partial charge in [-0.15, -0.1) is 0 Å². The van der Waals surface area contributed by atoms with Gasteiger partial charge in [0.2, 0.25) is 0 Å². The molecule has 0 unspecified atom stereocenters. The van der Waals surface area contributed by atoms with Crippen LogP contribution in [0.15, 0.2) is 60.9 Å². The van der Waals surface area contributed by atoms with Crippen molar-refractivity contribution in [2.75, 3.05) is 29.6 Å². The number of rotatable bonds is 5. The Morgan fingerprint density at radius 3 is 2.21 bits per heavy atom. The number of nitrogens with one attached hydrogen (secondary N) is 2. The second kappa shape index (κ2) is 6.95. The van der Waals surface area contributed by atoms with Gasteiger partial charge in [-0.25, -0.2) is 14.4 Å². The number of halogens is 1. The highest BCUT2D eigenvalue weighted by atomic mass is 19.1. The van der Waals surface area contributed by atoms with Crippen LogP contribution in [-0.2, 0) is 0 Å². The van der Waals surface area contributed by atoms with E-state index in [0.717, 1.165) is 11.4 Å². The molecule has 0 atom stereocenters. The van der Waals surface area contributed by atoms with Crippen LogP contribution in [0.4, 0.5) is 33.1 Å². The number of nitrogens with zero attached hydrogens (tertiary/aromatic N) is 3. The average molecular weight is 323 g/mol. The third-order valence-electron chi connectivity index (χ3n) is 3.46. The molecule has 3 aromatic rings. The molecule has 0 fully saturated rings. The molecule has 0 spiro atoms. The maximum absolute atomic E-state index is 13.7. The van der Waals surface area contributed by atoms with Crippen molar-refractivity contribution in [1.82, 2.24) is 9.97 Å². The van der Waals surface area contributed by atoms with Crippen LogP contribution in [0.1, 0.15) is 0 Å². The summed E-state index contributed by atoms with van der Waals surface area (Å²) in [7, 11) is 3.99. The molecule has 0 saturated heterocycles. The van der Waals surface area contributed by atoms with E-state index in [-0.39, 0.29) is 5.82 Å². The minimum atomic E-state index is -0.329. The molecule has 24 heavy (non-hydrogen) atoms. The van der Waals surface area contributed by atoms with Gasteiger partial charge >= 0.3 is 0 Å². The molecule has 2 N–H and O–H groups in total. The van der Waals surface area contributed by atoms with Crippen LogP contribution in [-0.4, -0.2) is 24.1 Å². The molecule has 0 aliphatic heterocycles. The summed E-state index contributed by atoms with van der Waals surface area (Å²) < 4.78 is 13.7. The lowest BCUT2D eigenvalue weighted by atomic mass is 10.2. The zero-order valence-corrected chi connectivity index (χ0v) is 13.5. The fraction of sp³-hybridized carbons (Fsp3) is 0.111. The van der Waals surface area contributed by atoms with Gasteiger partial charge < -0.3 is 15.5 Å². The van der Waals surface area contributed by atoms with Crippen LogP contribution in [0, 0.1) is 5.82 Å². The van der Waals surface area contributed by atoms with E-state index in [4.69, 9.17) is 0 Å². The molecule has 0 aliphatic rings. The van der Waals surface area contributed by atoms with E-state index in [1.165, 1.54) is 12.4 Å². The normalized spacial score (nSPS) is 10.3. The topological polar surface area (TPSA) is 53.1 Å². The molecule has 1 heterocycles. The first-order valence-corrected chi connectivity index (χ1v) is 7.50. The minimum Gasteiger partial charge on any atom is -0.378 e. The van der Waals surface area contributed by atoms with Crippen LogP contribution in [0.2, 0.25) is 0 Å². The largest absolute Gasteiger partial charge is 0.378 e. The summed E-state index contributed by atoms with van der Waals surface area (Å²) in [6.45, 7) is 0. The van der Waals surface area contributed by atoms with E-state index in [0.29, 0.717) is 17.3 Å². The van der Waals surface area contributed by atoms with E-state index in [9.17, 15) is 4.39 Å². The molecule has 5 nitrogen and oxygen atoms in total. The predicted octanol–water partition coefficient (Wildman–Crippen LogP) is 4.17. The van der Waals surface area contributed by atoms with Crippen LogP contribution in [0.3, 0.4) is 0 Å². The average Bonchev–Trinajstić information content (AvgIpc) is 2.58. The van der Waals surface area contributed by atoms with Crippen LogP contribution < -0.4 is 15.5 Å². The summed E-state index contributed by atoms with van der Waals surface area (Å²) in [4.78, 5) is 10.3. The van der Waals surface area contributed by atoms with Gasteiger partial charge in [0.1, 0.15) is 23.8 Å². The summed E-state index contributed by atoms with van der Waals surface area (Å²) in [6.07, 6.45) is 1.43. The third-order valence-corrected chi connectivity index (χ3v) is 3.46. The Bertz CT molecular complexity index is 818. The third kappa shape index (κ3) is 3.78. The van der Waals surface area contributed by atoms with Gasteiger partial charge in [0.15, 0.2) is 0 Å². The van der Waals surface area contributed by atoms with Crippen molar-refractivity contribution in [3.05, 3.63) is 66.7 Å². The SMILES string of the molecule is CN(C)c1ccc(Nc2cc(Nc3ccccc3F)ncn2)cc1. The van der Waals surface area contributed by atoms with Crippen molar-refractivity contribution in [2.45, 2.75) is 0 Å².